The van der Waals surface area contributed by atoms with Crippen LogP contribution in [0.5, 0.6) is 0 Å². The summed E-state index contributed by atoms with van der Waals surface area (Å²) in [5.41, 5.74) is 2.34. The Bertz CT molecular complexity index is 987. The van der Waals surface area contributed by atoms with Crippen molar-refractivity contribution in [3.05, 3.63) is 59.9 Å². The van der Waals surface area contributed by atoms with Gasteiger partial charge in [-0.1, -0.05) is 55.3 Å². The SMILES string of the molecule is O=C(C1CCCC1)N1CC(=O)N2[C@@H](CO)[C@@H](c3ccc(-c4ccccc4F)cc3)[C@@H]2C1. The second-order valence-electron chi connectivity index (χ2n) is 8.95. The maximum absolute atomic E-state index is 14.1. The minimum Gasteiger partial charge on any atom is -0.394 e. The zero-order valence-electron chi connectivity index (χ0n) is 17.4. The lowest BCUT2D eigenvalue weighted by Gasteiger charge is -2.59. The Morgan fingerprint density at radius 2 is 1.77 bits per heavy atom. The highest BCUT2D eigenvalue weighted by Gasteiger charge is 2.54. The first-order chi connectivity index (χ1) is 15.1. The third-order valence-corrected chi connectivity index (χ3v) is 7.25. The number of hydrogen-bond acceptors (Lipinski definition) is 3. The molecule has 0 unspecified atom stereocenters. The molecule has 0 bridgehead atoms. The Kier molecular flexibility index (Phi) is 5.26. The highest BCUT2D eigenvalue weighted by molar-refractivity contribution is 5.88. The van der Waals surface area contributed by atoms with Gasteiger partial charge >= 0.3 is 0 Å². The van der Waals surface area contributed by atoms with Gasteiger partial charge in [-0.2, -0.15) is 0 Å². The first-order valence-corrected chi connectivity index (χ1v) is 11.1. The summed E-state index contributed by atoms with van der Waals surface area (Å²) in [6, 6.07) is 13.9. The number of aliphatic hydroxyl groups excluding tert-OH is 1. The molecule has 2 saturated heterocycles. The zero-order chi connectivity index (χ0) is 21.5. The van der Waals surface area contributed by atoms with Gasteiger partial charge in [-0.3, -0.25) is 9.59 Å². The van der Waals surface area contributed by atoms with E-state index in [1.165, 1.54) is 6.07 Å². The van der Waals surface area contributed by atoms with Crippen molar-refractivity contribution < 1.29 is 19.1 Å². The molecule has 0 radical (unpaired) electrons. The number of carbonyl (C=O) groups excluding carboxylic acids is 2. The van der Waals surface area contributed by atoms with Gasteiger partial charge < -0.3 is 14.9 Å². The fourth-order valence-corrected chi connectivity index (χ4v) is 5.68. The summed E-state index contributed by atoms with van der Waals surface area (Å²) in [6.07, 6.45) is 3.99. The standard InChI is InChI=1S/C25H27FN2O3/c26-20-8-4-3-7-19(20)16-9-11-17(12-10-16)24-21-13-27(25(31)18-5-1-2-6-18)14-23(30)28(21)22(24)15-29/h3-4,7-12,18,21-22,24,29H,1-2,5-6,13-15H2/t21-,22-,24-/m0/s1. The topological polar surface area (TPSA) is 60.9 Å². The summed E-state index contributed by atoms with van der Waals surface area (Å²) >= 11 is 0. The van der Waals surface area contributed by atoms with Crippen LogP contribution in [-0.2, 0) is 9.59 Å². The number of benzene rings is 2. The summed E-state index contributed by atoms with van der Waals surface area (Å²) in [6.45, 7) is 0.511. The Morgan fingerprint density at radius 3 is 2.45 bits per heavy atom. The monoisotopic (exact) mass is 422 g/mol. The van der Waals surface area contributed by atoms with Gasteiger partial charge in [0.25, 0.3) is 0 Å². The lowest BCUT2D eigenvalue weighted by molar-refractivity contribution is -0.168. The van der Waals surface area contributed by atoms with Crippen LogP contribution in [0.1, 0.15) is 37.2 Å². The van der Waals surface area contributed by atoms with Crippen LogP contribution in [0, 0.1) is 11.7 Å². The predicted molar refractivity (Wildman–Crippen MR) is 115 cm³/mol. The molecule has 5 rings (SSSR count). The second kappa shape index (κ2) is 8.08. The van der Waals surface area contributed by atoms with Crippen molar-refractivity contribution in [1.82, 2.24) is 9.80 Å². The molecule has 5 nitrogen and oxygen atoms in total. The summed E-state index contributed by atoms with van der Waals surface area (Å²) in [5, 5.41) is 9.97. The lowest BCUT2D eigenvalue weighted by atomic mass is 9.73. The fourth-order valence-electron chi connectivity index (χ4n) is 5.68. The molecule has 1 saturated carbocycles. The Labute approximate surface area is 181 Å². The summed E-state index contributed by atoms with van der Waals surface area (Å²) < 4.78 is 14.1. The normalized spacial score (nSPS) is 26.0. The van der Waals surface area contributed by atoms with E-state index < -0.39 is 0 Å². The molecule has 2 heterocycles. The number of fused-ring (bicyclic) bond motifs is 1. The zero-order valence-corrected chi connectivity index (χ0v) is 17.4. The van der Waals surface area contributed by atoms with Gasteiger partial charge in [-0.15, -0.1) is 0 Å². The van der Waals surface area contributed by atoms with Crippen molar-refractivity contribution in [2.45, 2.75) is 43.7 Å². The Balaban J connectivity index is 1.38. The van der Waals surface area contributed by atoms with Crippen molar-refractivity contribution >= 4 is 11.8 Å². The molecule has 0 aromatic heterocycles. The van der Waals surface area contributed by atoms with Gasteiger partial charge in [0.2, 0.25) is 11.8 Å². The maximum atomic E-state index is 14.1. The molecule has 6 heteroatoms. The molecule has 3 fully saturated rings. The van der Waals surface area contributed by atoms with E-state index in [0.717, 1.165) is 36.8 Å². The number of amides is 2. The first kappa shape index (κ1) is 20.2. The average Bonchev–Trinajstić information content (AvgIpc) is 3.30. The predicted octanol–water partition coefficient (Wildman–Crippen LogP) is 3.18. The highest BCUT2D eigenvalue weighted by Crippen LogP contribution is 2.43. The number of aliphatic hydroxyl groups is 1. The van der Waals surface area contributed by atoms with Crippen LogP contribution in [-0.4, -0.2) is 58.5 Å². The van der Waals surface area contributed by atoms with Gasteiger partial charge in [0.15, 0.2) is 0 Å². The highest BCUT2D eigenvalue weighted by atomic mass is 19.1. The van der Waals surface area contributed by atoms with Gasteiger partial charge in [0, 0.05) is 23.9 Å². The second-order valence-corrected chi connectivity index (χ2v) is 8.95. The Hall–Kier alpha value is -2.73. The van der Waals surface area contributed by atoms with E-state index in [1.54, 1.807) is 21.9 Å². The van der Waals surface area contributed by atoms with Crippen LogP contribution in [0.15, 0.2) is 48.5 Å². The molecule has 1 aliphatic carbocycles. The lowest BCUT2D eigenvalue weighted by Crippen LogP contribution is -2.73. The molecule has 2 amide bonds. The molecule has 3 atom stereocenters. The van der Waals surface area contributed by atoms with Crippen LogP contribution >= 0.6 is 0 Å². The van der Waals surface area contributed by atoms with Crippen LogP contribution < -0.4 is 0 Å². The van der Waals surface area contributed by atoms with Crippen molar-refractivity contribution in [2.75, 3.05) is 19.7 Å². The van der Waals surface area contributed by atoms with E-state index in [1.807, 2.05) is 30.3 Å². The number of hydrogen-bond donors (Lipinski definition) is 1. The van der Waals surface area contributed by atoms with Crippen molar-refractivity contribution in [1.29, 1.82) is 0 Å². The van der Waals surface area contributed by atoms with Gasteiger partial charge in [0.1, 0.15) is 5.82 Å². The number of piperazine rings is 1. The molecule has 3 aliphatic rings. The third-order valence-electron chi connectivity index (χ3n) is 7.25. The van der Waals surface area contributed by atoms with Gasteiger partial charge in [-0.05, 0) is 30.0 Å². The molecular formula is C25H27FN2O3. The Morgan fingerprint density at radius 1 is 1.06 bits per heavy atom. The van der Waals surface area contributed by atoms with E-state index >= 15 is 0 Å². The van der Waals surface area contributed by atoms with Gasteiger partial charge in [0.05, 0.1) is 25.2 Å². The maximum Gasteiger partial charge on any atom is 0.242 e. The number of carbonyl (C=O) groups is 2. The van der Waals surface area contributed by atoms with E-state index in [-0.39, 0.29) is 54.7 Å². The van der Waals surface area contributed by atoms with E-state index in [4.69, 9.17) is 0 Å². The number of nitrogens with zero attached hydrogens (tertiary/aromatic N) is 2. The summed E-state index contributed by atoms with van der Waals surface area (Å²) in [5.74, 6) is -0.237. The van der Waals surface area contributed by atoms with Crippen LogP contribution in [0.25, 0.3) is 11.1 Å². The van der Waals surface area contributed by atoms with Crippen LogP contribution in [0.2, 0.25) is 0 Å². The molecule has 0 spiro atoms. The van der Waals surface area contributed by atoms with Gasteiger partial charge in [-0.25, -0.2) is 4.39 Å². The fraction of sp³-hybridized carbons (Fsp3) is 0.440. The number of rotatable bonds is 4. The molecule has 31 heavy (non-hydrogen) atoms. The minimum atomic E-state index is -0.277. The average molecular weight is 423 g/mol. The largest absolute Gasteiger partial charge is 0.394 e. The molecule has 2 aliphatic heterocycles. The molecule has 2 aromatic carbocycles. The summed E-state index contributed by atoms with van der Waals surface area (Å²) in [4.78, 5) is 29.2. The quantitative estimate of drug-likeness (QED) is 0.823. The minimum absolute atomic E-state index is 0.0391. The van der Waals surface area contributed by atoms with E-state index in [9.17, 15) is 19.1 Å². The molecule has 162 valence electrons. The molecule has 2 aromatic rings. The smallest absolute Gasteiger partial charge is 0.242 e. The van der Waals surface area contributed by atoms with E-state index in [2.05, 4.69) is 0 Å². The first-order valence-electron chi connectivity index (χ1n) is 11.1. The molecular weight excluding hydrogens is 395 g/mol. The van der Waals surface area contributed by atoms with Crippen molar-refractivity contribution in [3.8, 4) is 11.1 Å². The van der Waals surface area contributed by atoms with Crippen LogP contribution in [0.3, 0.4) is 0 Å². The third kappa shape index (κ3) is 3.43. The van der Waals surface area contributed by atoms with Crippen molar-refractivity contribution in [3.63, 3.8) is 0 Å². The van der Waals surface area contributed by atoms with Crippen molar-refractivity contribution in [2.24, 2.45) is 5.92 Å². The number of halogens is 1. The van der Waals surface area contributed by atoms with E-state index in [0.29, 0.717) is 12.1 Å². The molecule has 1 N–H and O–H groups in total. The van der Waals surface area contributed by atoms with Crippen LogP contribution in [0.4, 0.5) is 4.39 Å². The summed E-state index contributed by atoms with van der Waals surface area (Å²) in [7, 11) is 0.